The van der Waals surface area contributed by atoms with Gasteiger partial charge in [-0.3, -0.25) is 33.8 Å². The minimum absolute atomic E-state index is 0.00312. The van der Waals surface area contributed by atoms with Crippen molar-refractivity contribution in [2.45, 2.75) is 69.7 Å². The molecule has 3 aliphatic heterocycles. The monoisotopic (exact) mass is 920 g/mol. The van der Waals surface area contributed by atoms with E-state index in [1.54, 1.807) is 44.2 Å². The summed E-state index contributed by atoms with van der Waals surface area (Å²) in [5.74, 6) is -1.47. The van der Waals surface area contributed by atoms with Crippen molar-refractivity contribution in [2.75, 3.05) is 30.5 Å². The van der Waals surface area contributed by atoms with Gasteiger partial charge >= 0.3 is 13.4 Å². The lowest BCUT2D eigenvalue weighted by molar-refractivity contribution is -0.118. The molecule has 61 heavy (non-hydrogen) atoms. The molecule has 3 saturated heterocycles. The first-order valence-electron chi connectivity index (χ1n) is 18.5. The van der Waals surface area contributed by atoms with Crippen LogP contribution in [-0.4, -0.2) is 112 Å². The molecule has 4 aromatic heterocycles. The molecular formula is C33H35FN12O11P2S2. The molecule has 23 nitrogen and oxygen atoms in total. The van der Waals surface area contributed by atoms with Crippen LogP contribution < -0.4 is 16.2 Å². The number of ether oxygens (including phenoxy) is 2. The van der Waals surface area contributed by atoms with Gasteiger partial charge in [-0.15, -0.1) is 5.10 Å². The smallest absolute Gasteiger partial charge is 0.327 e. The first-order valence-corrected chi connectivity index (χ1v) is 23.6. The topological polar surface area (TPSA) is 287 Å². The maximum absolute atomic E-state index is 16.8. The summed E-state index contributed by atoms with van der Waals surface area (Å²) in [6, 6.07) is 10.3. The molecule has 2 unspecified atom stereocenters. The average Bonchev–Trinajstić information content (AvgIpc) is 4.02. The molecule has 0 spiro atoms. The number of imidazole rings is 1. The van der Waals surface area contributed by atoms with Gasteiger partial charge in [0.25, 0.3) is 11.5 Å². The molecule has 3 aliphatic rings. The molecule has 322 valence electrons. The molecule has 2 amide bonds. The highest BCUT2D eigenvalue weighted by Gasteiger charge is 2.52. The van der Waals surface area contributed by atoms with E-state index in [9.17, 15) is 24.5 Å². The standard InChI is InChI=1S/C33H35FN12O11P2S2/c1-16(2)28(47)41-33-40-27-23(30(49)42-33)38-15-45(27)31-19-11-18(54-31)12-53-59(61,51-10-6-9-35)57-24-20(13-52-58(50,60)56-19)55-32(21(24)34)46-26-22(43-44-46)25(36-14-37-26)39-29(48)17-7-4-3-5-8-17/h3-5,7-8,14-16,18-21,24,31-32H,6,10-13H2,1-2H3,(H,50,60)(H,36,37,39,48)(H2,40,41,42,47,49)/t18-,19-,20+,21-,24+,31+,32+,58?,59?/m0/s1. The van der Waals surface area contributed by atoms with Gasteiger partial charge < -0.3 is 37.8 Å². The fourth-order valence-corrected chi connectivity index (χ4v) is 10.1. The summed E-state index contributed by atoms with van der Waals surface area (Å²) >= 11 is 11.2. The fraction of sp³-hybridized carbons (Fsp3) is 0.455. The number of aromatic amines is 1. The first-order chi connectivity index (χ1) is 29.2. The highest BCUT2D eigenvalue weighted by Crippen LogP contribution is 2.57. The zero-order valence-electron chi connectivity index (χ0n) is 31.8. The van der Waals surface area contributed by atoms with Crippen LogP contribution in [0.2, 0.25) is 0 Å². The molecule has 28 heteroatoms. The third kappa shape index (κ3) is 9.15. The summed E-state index contributed by atoms with van der Waals surface area (Å²) in [4.78, 5) is 69.1. The van der Waals surface area contributed by atoms with E-state index in [-0.39, 0.29) is 60.1 Å². The highest BCUT2D eigenvalue weighted by atomic mass is 32.5. The summed E-state index contributed by atoms with van der Waals surface area (Å²) in [5.41, 5.74) is -0.398. The molecule has 0 aliphatic carbocycles. The summed E-state index contributed by atoms with van der Waals surface area (Å²) in [7, 11) is 0. The SMILES string of the molecule is CC(C)C(=O)Nc1nc2c(ncn2[C@@H]2O[C@@H]3COP(=S)(OCCC#N)O[C@H]4[C@H](F)[C@H](n5nnc6c(NC(=O)c7ccccc7)ncnc65)O[C@@H]4COP(O)(=S)O[C@H]2C3)c(=O)[nH]1. The molecule has 5 aromatic rings. The van der Waals surface area contributed by atoms with Crippen molar-refractivity contribution < 1.29 is 51.0 Å². The molecular weight excluding hydrogens is 886 g/mol. The largest absolute Gasteiger partial charge is 0.349 e. The number of H-pyrrole nitrogens is 1. The van der Waals surface area contributed by atoms with E-state index in [4.69, 9.17) is 55.7 Å². The Morgan fingerprint density at radius 1 is 1.07 bits per heavy atom. The fourth-order valence-electron chi connectivity index (χ4n) is 6.54. The van der Waals surface area contributed by atoms with Gasteiger partial charge in [0.2, 0.25) is 11.9 Å². The number of nitrogens with zero attached hydrogens (tertiary/aromatic N) is 9. The number of carbonyl (C=O) groups excluding carboxylic acids is 2. The number of benzene rings is 1. The van der Waals surface area contributed by atoms with Crippen LogP contribution in [-0.2, 0) is 60.5 Å². The molecule has 1 aromatic carbocycles. The Hall–Kier alpha value is -4.61. The normalized spacial score (nSPS) is 29.3. The van der Waals surface area contributed by atoms with Gasteiger partial charge in [0.1, 0.15) is 24.6 Å². The number of carbonyl (C=O) groups is 2. The maximum atomic E-state index is 16.8. The van der Waals surface area contributed by atoms with E-state index in [0.717, 1.165) is 11.0 Å². The number of nitrogens with one attached hydrogen (secondary N) is 3. The summed E-state index contributed by atoms with van der Waals surface area (Å²) in [6.45, 7) is -6.05. The van der Waals surface area contributed by atoms with Gasteiger partial charge in [-0.1, -0.05) is 37.3 Å². The summed E-state index contributed by atoms with van der Waals surface area (Å²) in [6.07, 6.45) is -7.51. The second-order valence-corrected chi connectivity index (χ2v) is 19.7. The number of amides is 2. The Bertz CT molecular complexity index is 2670. The van der Waals surface area contributed by atoms with Crippen molar-refractivity contribution in [3.63, 3.8) is 0 Å². The number of alkyl halides is 1. The minimum atomic E-state index is -4.24. The van der Waals surface area contributed by atoms with Crippen LogP contribution in [0.1, 0.15) is 49.5 Å². The molecule has 0 saturated carbocycles. The number of hydrogen-bond acceptors (Lipinski definition) is 19. The molecule has 9 atom stereocenters. The lowest BCUT2D eigenvalue weighted by atomic mass is 10.1. The molecule has 3 fully saturated rings. The Kier molecular flexibility index (Phi) is 12.4. The van der Waals surface area contributed by atoms with Crippen LogP contribution in [0.4, 0.5) is 16.2 Å². The van der Waals surface area contributed by atoms with E-state index >= 15 is 4.39 Å². The van der Waals surface area contributed by atoms with Gasteiger partial charge in [-0.05, 0) is 35.7 Å². The van der Waals surface area contributed by atoms with Crippen molar-refractivity contribution in [1.29, 1.82) is 5.26 Å². The van der Waals surface area contributed by atoms with Gasteiger partial charge in [0.15, 0.2) is 46.8 Å². The predicted molar refractivity (Wildman–Crippen MR) is 215 cm³/mol. The van der Waals surface area contributed by atoms with Gasteiger partial charge in [0, 0.05) is 17.9 Å². The first kappa shape index (κ1) is 43.1. The molecule has 2 bridgehead atoms. The highest BCUT2D eigenvalue weighted by molar-refractivity contribution is 8.07. The Balaban J connectivity index is 1.08. The number of fused-ring (bicyclic) bond motifs is 5. The number of anilines is 2. The Morgan fingerprint density at radius 3 is 2.64 bits per heavy atom. The van der Waals surface area contributed by atoms with Crippen molar-refractivity contribution in [1.82, 2.24) is 44.5 Å². The van der Waals surface area contributed by atoms with Crippen LogP contribution in [0.5, 0.6) is 0 Å². The lowest BCUT2D eigenvalue weighted by Gasteiger charge is -2.29. The zero-order chi connectivity index (χ0) is 43.1. The van der Waals surface area contributed by atoms with E-state index in [0.29, 0.717) is 5.56 Å². The summed E-state index contributed by atoms with van der Waals surface area (Å²) < 4.78 is 61.5. The van der Waals surface area contributed by atoms with Gasteiger partial charge in [-0.25, -0.2) is 19.3 Å². The second kappa shape index (κ2) is 17.6. The van der Waals surface area contributed by atoms with Crippen molar-refractivity contribution >= 4 is 83.0 Å². The van der Waals surface area contributed by atoms with E-state index in [1.165, 1.54) is 10.9 Å². The number of nitriles is 1. The van der Waals surface area contributed by atoms with Crippen molar-refractivity contribution in [3.05, 3.63) is 58.9 Å². The molecule has 4 N–H and O–H groups in total. The average molecular weight is 921 g/mol. The van der Waals surface area contributed by atoms with E-state index in [1.807, 2.05) is 6.07 Å². The molecule has 0 radical (unpaired) electrons. The van der Waals surface area contributed by atoms with Gasteiger partial charge in [-0.2, -0.15) is 14.9 Å². The minimum Gasteiger partial charge on any atom is -0.349 e. The number of halogens is 1. The third-order valence-electron chi connectivity index (χ3n) is 9.46. The maximum Gasteiger partial charge on any atom is 0.327 e. The van der Waals surface area contributed by atoms with Crippen LogP contribution in [0, 0.1) is 17.2 Å². The van der Waals surface area contributed by atoms with Crippen molar-refractivity contribution in [3.8, 4) is 6.07 Å². The van der Waals surface area contributed by atoms with E-state index in [2.05, 4.69) is 45.9 Å². The van der Waals surface area contributed by atoms with Crippen LogP contribution in [0.3, 0.4) is 0 Å². The van der Waals surface area contributed by atoms with Gasteiger partial charge in [0.05, 0.1) is 44.7 Å². The predicted octanol–water partition coefficient (Wildman–Crippen LogP) is 2.91. The van der Waals surface area contributed by atoms with Crippen LogP contribution >= 0.6 is 13.4 Å². The Labute approximate surface area is 353 Å². The zero-order valence-corrected chi connectivity index (χ0v) is 35.3. The quantitative estimate of drug-likeness (QED) is 0.122. The third-order valence-corrected chi connectivity index (χ3v) is 13.4. The second-order valence-electron chi connectivity index (χ2n) is 14.0. The number of hydrogen-bond donors (Lipinski definition) is 4. The molecule has 7 heterocycles. The van der Waals surface area contributed by atoms with Crippen LogP contribution in [0.25, 0.3) is 22.3 Å². The summed E-state index contributed by atoms with van der Waals surface area (Å²) in [5, 5.41) is 22.6. The van der Waals surface area contributed by atoms with Crippen molar-refractivity contribution in [2.24, 2.45) is 5.92 Å². The van der Waals surface area contributed by atoms with Crippen LogP contribution in [0.15, 0.2) is 47.8 Å². The number of aromatic nitrogens is 9. The Morgan fingerprint density at radius 2 is 1.87 bits per heavy atom. The molecule has 8 rings (SSSR count). The number of rotatable bonds is 9. The van der Waals surface area contributed by atoms with E-state index < -0.39 is 86.4 Å². The lowest BCUT2D eigenvalue weighted by Crippen LogP contribution is -2.34.